The lowest BCUT2D eigenvalue weighted by molar-refractivity contribution is 0.246. The Bertz CT molecular complexity index is 417. The minimum Gasteiger partial charge on any atom is -0.494 e. The van der Waals surface area contributed by atoms with Gasteiger partial charge in [-0.25, -0.2) is 0 Å². The molecule has 0 radical (unpaired) electrons. The molecule has 1 aliphatic carbocycles. The van der Waals surface area contributed by atoms with Crippen LogP contribution in [0.1, 0.15) is 25.3 Å². The molecule has 3 nitrogen and oxygen atoms in total. The lowest BCUT2D eigenvalue weighted by Gasteiger charge is -2.13. The summed E-state index contributed by atoms with van der Waals surface area (Å²) >= 11 is 0. The van der Waals surface area contributed by atoms with Gasteiger partial charge in [-0.1, -0.05) is 31.2 Å². The van der Waals surface area contributed by atoms with Crippen molar-refractivity contribution in [1.29, 1.82) is 0 Å². The zero-order chi connectivity index (χ0) is 13.5. The Balaban J connectivity index is 1.81. The molecular formula is C16H23NO2. The fourth-order valence-corrected chi connectivity index (χ4v) is 2.28. The Labute approximate surface area is 115 Å². The Morgan fingerprint density at radius 3 is 3.00 bits per heavy atom. The Hall–Kier alpha value is -1.32. The van der Waals surface area contributed by atoms with E-state index < -0.39 is 0 Å². The van der Waals surface area contributed by atoms with Crippen molar-refractivity contribution in [2.24, 2.45) is 5.92 Å². The second-order valence-electron chi connectivity index (χ2n) is 5.05. The summed E-state index contributed by atoms with van der Waals surface area (Å²) in [6.07, 6.45) is 6.26. The monoisotopic (exact) mass is 261 g/mol. The maximum Gasteiger partial charge on any atom is 0.119 e. The molecule has 1 aromatic rings. The molecular weight excluding hydrogens is 238 g/mol. The largest absolute Gasteiger partial charge is 0.494 e. The maximum absolute atomic E-state index is 9.09. The van der Waals surface area contributed by atoms with Crippen LogP contribution in [-0.2, 0) is 6.54 Å². The highest BCUT2D eigenvalue weighted by Gasteiger charge is 2.17. The number of rotatable bonds is 7. The first-order valence-electron chi connectivity index (χ1n) is 7.06. The molecule has 1 aromatic carbocycles. The molecule has 0 fully saturated rings. The number of hydrogen-bond donors (Lipinski definition) is 2. The Kier molecular flexibility index (Phi) is 5.43. The molecule has 19 heavy (non-hydrogen) atoms. The molecule has 0 aliphatic heterocycles. The van der Waals surface area contributed by atoms with Crippen LogP contribution in [0.3, 0.4) is 0 Å². The molecule has 104 valence electrons. The average molecular weight is 261 g/mol. The molecule has 3 heteroatoms. The van der Waals surface area contributed by atoms with E-state index in [9.17, 15) is 0 Å². The minimum atomic E-state index is 0.245. The summed E-state index contributed by atoms with van der Waals surface area (Å²) in [5.74, 6) is 1.26. The van der Waals surface area contributed by atoms with Gasteiger partial charge in [0.2, 0.25) is 0 Å². The van der Waals surface area contributed by atoms with Crippen molar-refractivity contribution in [2.75, 3.05) is 13.2 Å². The van der Waals surface area contributed by atoms with Crippen LogP contribution in [0.2, 0.25) is 0 Å². The Morgan fingerprint density at radius 2 is 2.26 bits per heavy atom. The molecule has 0 saturated heterocycles. The van der Waals surface area contributed by atoms with E-state index in [1.165, 1.54) is 5.56 Å². The van der Waals surface area contributed by atoms with Gasteiger partial charge in [-0.3, -0.25) is 0 Å². The summed E-state index contributed by atoms with van der Waals surface area (Å²) in [7, 11) is 0. The van der Waals surface area contributed by atoms with Crippen molar-refractivity contribution < 1.29 is 9.84 Å². The summed E-state index contributed by atoms with van der Waals surface area (Å²) in [6, 6.07) is 8.59. The summed E-state index contributed by atoms with van der Waals surface area (Å²) in [6.45, 7) is 3.95. The van der Waals surface area contributed by atoms with Crippen LogP contribution in [0.25, 0.3) is 0 Å². The molecule has 2 rings (SSSR count). The van der Waals surface area contributed by atoms with Gasteiger partial charge in [0.1, 0.15) is 5.75 Å². The summed E-state index contributed by atoms with van der Waals surface area (Å²) in [5, 5.41) is 12.6. The first kappa shape index (κ1) is 14.1. The number of benzene rings is 1. The third-order valence-electron chi connectivity index (χ3n) is 3.35. The van der Waals surface area contributed by atoms with Gasteiger partial charge in [0.05, 0.1) is 6.61 Å². The van der Waals surface area contributed by atoms with Crippen LogP contribution >= 0.6 is 0 Å². The van der Waals surface area contributed by atoms with E-state index in [1.807, 2.05) is 12.1 Å². The molecule has 0 heterocycles. The van der Waals surface area contributed by atoms with E-state index in [-0.39, 0.29) is 6.61 Å². The van der Waals surface area contributed by atoms with Gasteiger partial charge in [-0.2, -0.15) is 0 Å². The second kappa shape index (κ2) is 7.31. The maximum atomic E-state index is 9.09. The van der Waals surface area contributed by atoms with Crippen LogP contribution in [0, 0.1) is 5.92 Å². The van der Waals surface area contributed by atoms with Crippen molar-refractivity contribution in [2.45, 2.75) is 32.4 Å². The van der Waals surface area contributed by atoms with Gasteiger partial charge in [-0.05, 0) is 30.5 Å². The SMILES string of the molecule is CCCOc1cccc(CN[C@@H]2C=C[C@H](CO)C2)c1. The summed E-state index contributed by atoms with van der Waals surface area (Å²) < 4.78 is 5.63. The van der Waals surface area contributed by atoms with Gasteiger partial charge >= 0.3 is 0 Å². The van der Waals surface area contributed by atoms with E-state index in [2.05, 4.69) is 36.5 Å². The van der Waals surface area contributed by atoms with Gasteiger partial charge in [-0.15, -0.1) is 0 Å². The van der Waals surface area contributed by atoms with Crippen LogP contribution in [0.4, 0.5) is 0 Å². The zero-order valence-corrected chi connectivity index (χ0v) is 11.5. The highest BCUT2D eigenvalue weighted by atomic mass is 16.5. The quantitative estimate of drug-likeness (QED) is 0.741. The summed E-state index contributed by atoms with van der Waals surface area (Å²) in [4.78, 5) is 0. The van der Waals surface area contributed by atoms with Crippen LogP contribution in [-0.4, -0.2) is 24.4 Å². The molecule has 2 atom stereocenters. The predicted octanol–water partition coefficient (Wildman–Crippen LogP) is 2.50. The first-order chi connectivity index (χ1) is 9.31. The standard InChI is InChI=1S/C16H23NO2/c1-2-8-19-16-5-3-4-13(10-16)11-17-15-7-6-14(9-15)12-18/h3-7,10,14-15,17-18H,2,8-9,11-12H2,1H3/t14-,15+/m0/s1. The summed E-state index contributed by atoms with van der Waals surface area (Å²) in [5.41, 5.74) is 1.23. The highest BCUT2D eigenvalue weighted by Crippen LogP contribution is 2.18. The van der Waals surface area contributed by atoms with E-state index >= 15 is 0 Å². The number of nitrogens with one attached hydrogen (secondary N) is 1. The minimum absolute atomic E-state index is 0.245. The van der Waals surface area contributed by atoms with Crippen LogP contribution in [0.5, 0.6) is 5.75 Å². The predicted molar refractivity (Wildman–Crippen MR) is 77.2 cm³/mol. The normalized spacial score (nSPS) is 21.8. The third-order valence-corrected chi connectivity index (χ3v) is 3.35. The van der Waals surface area contributed by atoms with E-state index in [4.69, 9.17) is 9.84 Å². The van der Waals surface area contributed by atoms with Crippen molar-refractivity contribution in [3.8, 4) is 5.75 Å². The van der Waals surface area contributed by atoms with Gasteiger partial charge in [0.25, 0.3) is 0 Å². The van der Waals surface area contributed by atoms with Crippen LogP contribution in [0.15, 0.2) is 36.4 Å². The number of aliphatic hydroxyl groups is 1. The molecule has 0 aromatic heterocycles. The fraction of sp³-hybridized carbons (Fsp3) is 0.500. The molecule has 0 spiro atoms. The third kappa shape index (κ3) is 4.37. The van der Waals surface area contributed by atoms with E-state index in [0.717, 1.165) is 31.7 Å². The van der Waals surface area contributed by atoms with Gasteiger partial charge in [0.15, 0.2) is 0 Å². The molecule has 1 aliphatic rings. The van der Waals surface area contributed by atoms with E-state index in [1.54, 1.807) is 0 Å². The first-order valence-corrected chi connectivity index (χ1v) is 7.06. The lowest BCUT2D eigenvalue weighted by atomic mass is 10.1. The number of aliphatic hydroxyl groups excluding tert-OH is 1. The molecule has 0 saturated carbocycles. The van der Waals surface area contributed by atoms with Crippen molar-refractivity contribution in [3.63, 3.8) is 0 Å². The number of ether oxygens (including phenoxy) is 1. The van der Waals surface area contributed by atoms with Gasteiger partial charge < -0.3 is 15.2 Å². The lowest BCUT2D eigenvalue weighted by Crippen LogP contribution is -2.26. The molecule has 2 N–H and O–H groups in total. The van der Waals surface area contributed by atoms with Crippen molar-refractivity contribution in [3.05, 3.63) is 42.0 Å². The number of hydrogen-bond acceptors (Lipinski definition) is 3. The molecule has 0 unspecified atom stereocenters. The highest BCUT2D eigenvalue weighted by molar-refractivity contribution is 5.28. The average Bonchev–Trinajstić information content (AvgIpc) is 2.91. The van der Waals surface area contributed by atoms with E-state index in [0.29, 0.717) is 12.0 Å². The topological polar surface area (TPSA) is 41.5 Å². The van der Waals surface area contributed by atoms with Crippen LogP contribution < -0.4 is 10.1 Å². The fourth-order valence-electron chi connectivity index (χ4n) is 2.28. The molecule has 0 bridgehead atoms. The second-order valence-corrected chi connectivity index (χ2v) is 5.05. The van der Waals surface area contributed by atoms with Gasteiger partial charge in [0, 0.05) is 25.1 Å². The zero-order valence-electron chi connectivity index (χ0n) is 11.5. The van der Waals surface area contributed by atoms with Crippen molar-refractivity contribution >= 4 is 0 Å². The smallest absolute Gasteiger partial charge is 0.119 e. The van der Waals surface area contributed by atoms with Crippen molar-refractivity contribution in [1.82, 2.24) is 5.32 Å². The Morgan fingerprint density at radius 1 is 1.37 bits per heavy atom. The molecule has 0 amide bonds.